The van der Waals surface area contributed by atoms with Crippen molar-refractivity contribution in [2.75, 3.05) is 23.8 Å². The maximum Gasteiger partial charge on any atom is 0.246 e. The van der Waals surface area contributed by atoms with Crippen molar-refractivity contribution in [2.24, 2.45) is 0 Å². The average Bonchev–Trinajstić information content (AvgIpc) is 2.61. The number of anilines is 2. The number of ketones is 1. The molecule has 1 heterocycles. The minimum absolute atomic E-state index is 0.0430. The zero-order chi connectivity index (χ0) is 17.8. The van der Waals surface area contributed by atoms with E-state index in [1.54, 1.807) is 31.2 Å². The summed E-state index contributed by atoms with van der Waals surface area (Å²) in [6.45, 7) is 4.31. The second kappa shape index (κ2) is 7.25. The van der Waals surface area contributed by atoms with Gasteiger partial charge in [0.05, 0.1) is 0 Å². The van der Waals surface area contributed by atoms with Gasteiger partial charge in [0.15, 0.2) is 17.3 Å². The molecule has 0 radical (unpaired) electrons. The smallest absolute Gasteiger partial charge is 0.246 e. The highest BCUT2D eigenvalue weighted by atomic mass is 16.6. The van der Waals surface area contributed by atoms with Gasteiger partial charge >= 0.3 is 0 Å². The number of hydrogen-bond donors (Lipinski definition) is 2. The third-order valence-electron chi connectivity index (χ3n) is 3.86. The van der Waals surface area contributed by atoms with Crippen LogP contribution in [0.5, 0.6) is 11.5 Å². The number of ether oxygens (including phenoxy) is 2. The molecule has 2 aromatic rings. The molecule has 0 fully saturated rings. The quantitative estimate of drug-likeness (QED) is 0.818. The first-order valence-electron chi connectivity index (χ1n) is 8.11. The van der Waals surface area contributed by atoms with E-state index in [9.17, 15) is 9.59 Å². The molecule has 0 bridgehead atoms. The van der Waals surface area contributed by atoms with E-state index in [0.717, 1.165) is 5.69 Å². The molecule has 6 nitrogen and oxygen atoms in total. The molecule has 1 aliphatic heterocycles. The van der Waals surface area contributed by atoms with Crippen LogP contribution in [0.2, 0.25) is 0 Å². The predicted molar refractivity (Wildman–Crippen MR) is 95.6 cm³/mol. The number of amides is 1. The molecule has 1 aliphatic rings. The van der Waals surface area contributed by atoms with Crippen LogP contribution in [0.25, 0.3) is 0 Å². The van der Waals surface area contributed by atoms with Gasteiger partial charge in [0.25, 0.3) is 0 Å². The lowest BCUT2D eigenvalue weighted by Gasteiger charge is -2.20. The molecule has 1 atom stereocenters. The van der Waals surface area contributed by atoms with Crippen molar-refractivity contribution in [3.05, 3.63) is 48.0 Å². The molecule has 0 aliphatic carbocycles. The van der Waals surface area contributed by atoms with Crippen LogP contribution in [0.3, 0.4) is 0 Å². The lowest BCUT2D eigenvalue weighted by Crippen LogP contribution is -2.32. The van der Waals surface area contributed by atoms with Gasteiger partial charge in [0.2, 0.25) is 5.91 Å². The Morgan fingerprint density at radius 2 is 1.76 bits per heavy atom. The van der Waals surface area contributed by atoms with Crippen LogP contribution in [0.1, 0.15) is 24.2 Å². The van der Waals surface area contributed by atoms with Gasteiger partial charge in [0.1, 0.15) is 19.3 Å². The van der Waals surface area contributed by atoms with Crippen LogP contribution in [-0.4, -0.2) is 30.9 Å². The van der Waals surface area contributed by atoms with Crippen molar-refractivity contribution in [1.82, 2.24) is 0 Å². The lowest BCUT2D eigenvalue weighted by atomic mass is 10.1. The van der Waals surface area contributed by atoms with Crippen molar-refractivity contribution in [2.45, 2.75) is 19.9 Å². The topological polar surface area (TPSA) is 76.7 Å². The van der Waals surface area contributed by atoms with Crippen LogP contribution >= 0.6 is 0 Å². The molecule has 6 heteroatoms. The highest BCUT2D eigenvalue weighted by Crippen LogP contribution is 2.32. The maximum atomic E-state index is 12.4. The van der Waals surface area contributed by atoms with Crippen LogP contribution in [-0.2, 0) is 4.79 Å². The number of Topliss-reactive ketones (excluding diaryl/α,β-unsaturated/α-hetero) is 1. The summed E-state index contributed by atoms with van der Waals surface area (Å²) >= 11 is 0. The van der Waals surface area contributed by atoms with E-state index >= 15 is 0 Å². The first-order valence-corrected chi connectivity index (χ1v) is 8.11. The summed E-state index contributed by atoms with van der Waals surface area (Å²) in [6.07, 6.45) is 0. The normalized spacial score (nSPS) is 13.7. The molecule has 3 rings (SSSR count). The molecule has 0 spiro atoms. The Kier molecular flexibility index (Phi) is 4.88. The summed E-state index contributed by atoms with van der Waals surface area (Å²) in [4.78, 5) is 23.8. The van der Waals surface area contributed by atoms with E-state index in [4.69, 9.17) is 9.47 Å². The molecule has 1 amide bonds. The highest BCUT2D eigenvalue weighted by molar-refractivity contribution is 5.99. The SMILES string of the molecule is CC(=O)c1cccc(NC(=O)C(C)Nc2ccc3c(c2)OCCO3)c1. The number of nitrogens with one attached hydrogen (secondary N) is 2. The van der Waals surface area contributed by atoms with Gasteiger partial charge in [-0.15, -0.1) is 0 Å². The largest absolute Gasteiger partial charge is 0.486 e. The van der Waals surface area contributed by atoms with Gasteiger partial charge in [0, 0.05) is 23.0 Å². The Labute approximate surface area is 146 Å². The Balaban J connectivity index is 1.64. The fourth-order valence-corrected chi connectivity index (χ4v) is 2.52. The summed E-state index contributed by atoms with van der Waals surface area (Å²) in [6, 6.07) is 11.9. The van der Waals surface area contributed by atoms with Crippen LogP contribution in [0, 0.1) is 0 Å². The van der Waals surface area contributed by atoms with Crippen molar-refractivity contribution >= 4 is 23.1 Å². The van der Waals surface area contributed by atoms with Gasteiger partial charge in [-0.2, -0.15) is 0 Å². The zero-order valence-electron chi connectivity index (χ0n) is 14.2. The Bertz CT molecular complexity index is 804. The fraction of sp³-hybridized carbons (Fsp3) is 0.263. The van der Waals surface area contributed by atoms with E-state index in [-0.39, 0.29) is 11.7 Å². The minimum atomic E-state index is -0.469. The predicted octanol–water partition coefficient (Wildman–Crippen LogP) is 3.10. The Morgan fingerprint density at radius 3 is 2.52 bits per heavy atom. The van der Waals surface area contributed by atoms with Gasteiger partial charge in [-0.05, 0) is 38.1 Å². The number of carbonyl (C=O) groups excluding carboxylic acids is 2. The van der Waals surface area contributed by atoms with Crippen molar-refractivity contribution < 1.29 is 19.1 Å². The summed E-state index contributed by atoms with van der Waals surface area (Å²) in [5.41, 5.74) is 1.92. The number of carbonyl (C=O) groups is 2. The fourth-order valence-electron chi connectivity index (χ4n) is 2.52. The lowest BCUT2D eigenvalue weighted by molar-refractivity contribution is -0.116. The molecular weight excluding hydrogens is 320 g/mol. The molecule has 1 unspecified atom stereocenters. The number of benzene rings is 2. The van der Waals surface area contributed by atoms with Crippen LogP contribution in [0.15, 0.2) is 42.5 Å². The van der Waals surface area contributed by atoms with Gasteiger partial charge < -0.3 is 20.1 Å². The maximum absolute atomic E-state index is 12.4. The summed E-state index contributed by atoms with van der Waals surface area (Å²) < 4.78 is 11.0. The molecule has 0 saturated heterocycles. The van der Waals surface area contributed by atoms with Gasteiger partial charge in [-0.25, -0.2) is 0 Å². The van der Waals surface area contributed by atoms with Crippen LogP contribution < -0.4 is 20.1 Å². The molecule has 2 N–H and O–H groups in total. The first-order chi connectivity index (χ1) is 12.0. The monoisotopic (exact) mass is 340 g/mol. The van der Waals surface area contributed by atoms with Crippen molar-refractivity contribution in [1.29, 1.82) is 0 Å². The summed E-state index contributed by atoms with van der Waals surface area (Å²) in [7, 11) is 0. The summed E-state index contributed by atoms with van der Waals surface area (Å²) in [5.74, 6) is 1.13. The molecule has 0 saturated carbocycles. The number of rotatable bonds is 5. The van der Waals surface area contributed by atoms with Crippen molar-refractivity contribution in [3.63, 3.8) is 0 Å². The minimum Gasteiger partial charge on any atom is -0.486 e. The molecule has 2 aromatic carbocycles. The molecule has 130 valence electrons. The second-order valence-corrected chi connectivity index (χ2v) is 5.85. The van der Waals surface area contributed by atoms with Crippen molar-refractivity contribution in [3.8, 4) is 11.5 Å². The van der Waals surface area contributed by atoms with Crippen LogP contribution in [0.4, 0.5) is 11.4 Å². The third-order valence-corrected chi connectivity index (χ3v) is 3.86. The Morgan fingerprint density at radius 1 is 1.00 bits per heavy atom. The van der Waals surface area contributed by atoms with E-state index in [1.807, 2.05) is 18.2 Å². The van der Waals surface area contributed by atoms with Gasteiger partial charge in [-0.1, -0.05) is 12.1 Å². The number of fused-ring (bicyclic) bond motifs is 1. The second-order valence-electron chi connectivity index (χ2n) is 5.85. The van der Waals surface area contributed by atoms with Gasteiger partial charge in [-0.3, -0.25) is 9.59 Å². The molecular formula is C19H20N2O4. The Hall–Kier alpha value is -3.02. The number of hydrogen-bond acceptors (Lipinski definition) is 5. The van der Waals surface area contributed by atoms with E-state index < -0.39 is 6.04 Å². The molecule has 0 aromatic heterocycles. The standard InChI is InChI=1S/C19H20N2O4/c1-12(19(23)21-15-5-3-4-14(10-15)13(2)22)20-16-6-7-17-18(11-16)25-9-8-24-17/h3-7,10-12,20H,8-9H2,1-2H3,(H,21,23). The average molecular weight is 340 g/mol. The first kappa shape index (κ1) is 16.8. The van der Waals surface area contributed by atoms with E-state index in [2.05, 4.69) is 10.6 Å². The zero-order valence-corrected chi connectivity index (χ0v) is 14.2. The molecule has 25 heavy (non-hydrogen) atoms. The highest BCUT2D eigenvalue weighted by Gasteiger charge is 2.16. The van der Waals surface area contributed by atoms with E-state index in [0.29, 0.717) is 36.0 Å². The summed E-state index contributed by atoms with van der Waals surface area (Å²) in [5, 5.41) is 5.94. The van der Waals surface area contributed by atoms with E-state index in [1.165, 1.54) is 6.92 Å². The third kappa shape index (κ3) is 4.09.